The molecule has 5 nitrogen and oxygen atoms in total. The second kappa shape index (κ2) is 4.24. The highest BCUT2D eigenvalue weighted by Gasteiger charge is 2.47. The van der Waals surface area contributed by atoms with E-state index in [1.54, 1.807) is 0 Å². The van der Waals surface area contributed by atoms with Crippen molar-refractivity contribution < 1.29 is 26.4 Å². The van der Waals surface area contributed by atoms with Gasteiger partial charge in [0.2, 0.25) is 0 Å². The number of sulfonamides is 1. The van der Waals surface area contributed by atoms with Crippen molar-refractivity contribution in [2.75, 3.05) is 5.73 Å². The van der Waals surface area contributed by atoms with Crippen LogP contribution in [0.1, 0.15) is 10.4 Å². The van der Waals surface area contributed by atoms with Gasteiger partial charge in [-0.3, -0.25) is 4.79 Å². The molecule has 0 heterocycles. The lowest BCUT2D eigenvalue weighted by molar-refractivity contribution is -0.0446. The fourth-order valence-electron chi connectivity index (χ4n) is 0.939. The van der Waals surface area contributed by atoms with Gasteiger partial charge in [0.25, 0.3) is 5.91 Å². The molecule has 0 atom stereocenters. The summed E-state index contributed by atoms with van der Waals surface area (Å²) < 4.78 is 58.1. The number of nitrogens with two attached hydrogens (primary N) is 1. The molecule has 0 aromatic heterocycles. The van der Waals surface area contributed by atoms with Crippen molar-refractivity contribution in [1.29, 1.82) is 0 Å². The van der Waals surface area contributed by atoms with Crippen molar-refractivity contribution in [3.05, 3.63) is 29.8 Å². The molecular formula is C8H7F3N2O3S. The Kier molecular flexibility index (Phi) is 3.32. The van der Waals surface area contributed by atoms with Crippen LogP contribution in [0, 0.1) is 0 Å². The number of anilines is 1. The number of halogens is 3. The van der Waals surface area contributed by atoms with Gasteiger partial charge in [-0.05, 0) is 12.1 Å². The number of hydrogen-bond donors (Lipinski definition) is 2. The molecule has 0 fully saturated rings. The Hall–Kier alpha value is -1.77. The summed E-state index contributed by atoms with van der Waals surface area (Å²) in [5.41, 5.74) is -0.707. The highest BCUT2D eigenvalue weighted by Crippen LogP contribution is 2.22. The van der Waals surface area contributed by atoms with Gasteiger partial charge in [0.1, 0.15) is 0 Å². The average molecular weight is 268 g/mol. The Morgan fingerprint density at radius 1 is 1.24 bits per heavy atom. The molecule has 0 aliphatic heterocycles. The number of amides is 1. The summed E-state index contributed by atoms with van der Waals surface area (Å²) in [6.45, 7) is 0. The van der Waals surface area contributed by atoms with Gasteiger partial charge in [0, 0.05) is 5.69 Å². The minimum absolute atomic E-state index is 0.123. The number of nitrogens with one attached hydrogen (secondary N) is 1. The van der Waals surface area contributed by atoms with Crippen LogP contribution >= 0.6 is 0 Å². The molecule has 1 aromatic rings. The van der Waals surface area contributed by atoms with E-state index in [9.17, 15) is 26.4 Å². The Labute approximate surface area is 94.5 Å². The normalized spacial score (nSPS) is 12.2. The van der Waals surface area contributed by atoms with Gasteiger partial charge >= 0.3 is 15.5 Å². The van der Waals surface area contributed by atoms with E-state index in [1.807, 2.05) is 0 Å². The van der Waals surface area contributed by atoms with Crippen molar-refractivity contribution in [3.8, 4) is 0 Å². The fourth-order valence-corrected chi connectivity index (χ4v) is 1.41. The summed E-state index contributed by atoms with van der Waals surface area (Å²) in [6.07, 6.45) is 0. The maximum Gasteiger partial charge on any atom is 0.516 e. The largest absolute Gasteiger partial charge is 0.516 e. The van der Waals surface area contributed by atoms with E-state index in [0.29, 0.717) is 0 Å². The van der Waals surface area contributed by atoms with Crippen LogP contribution in [0.4, 0.5) is 18.9 Å². The zero-order valence-electron chi connectivity index (χ0n) is 8.15. The lowest BCUT2D eigenvalue weighted by atomic mass is 10.2. The number of hydrogen-bond acceptors (Lipinski definition) is 4. The van der Waals surface area contributed by atoms with E-state index < -0.39 is 21.4 Å². The summed E-state index contributed by atoms with van der Waals surface area (Å²) in [6, 6.07) is 5.15. The monoisotopic (exact) mass is 268 g/mol. The minimum Gasteiger partial charge on any atom is -0.398 e. The molecule has 1 rings (SSSR count). The van der Waals surface area contributed by atoms with E-state index in [0.717, 1.165) is 10.8 Å². The van der Waals surface area contributed by atoms with E-state index in [-0.39, 0.29) is 11.3 Å². The lowest BCUT2D eigenvalue weighted by Crippen LogP contribution is -2.40. The van der Waals surface area contributed by atoms with Crippen molar-refractivity contribution in [2.45, 2.75) is 5.51 Å². The number of nitrogen functional groups attached to an aromatic ring is 1. The van der Waals surface area contributed by atoms with Gasteiger partial charge in [-0.1, -0.05) is 12.1 Å². The van der Waals surface area contributed by atoms with Crippen LogP contribution < -0.4 is 10.5 Å². The van der Waals surface area contributed by atoms with Gasteiger partial charge in [-0.2, -0.15) is 21.6 Å². The highest BCUT2D eigenvalue weighted by atomic mass is 32.2. The SMILES string of the molecule is Nc1ccccc1C(=O)NS(=O)(=O)C(F)(F)F. The smallest absolute Gasteiger partial charge is 0.398 e. The third-order valence-electron chi connectivity index (χ3n) is 1.74. The summed E-state index contributed by atoms with van der Waals surface area (Å²) in [7, 11) is -5.72. The number of benzene rings is 1. The third kappa shape index (κ3) is 2.87. The van der Waals surface area contributed by atoms with Crippen LogP contribution in [-0.2, 0) is 10.0 Å². The average Bonchev–Trinajstić information content (AvgIpc) is 2.15. The summed E-state index contributed by atoms with van der Waals surface area (Å²) >= 11 is 0. The maximum absolute atomic E-state index is 12.0. The molecule has 0 spiro atoms. The molecule has 1 aromatic carbocycles. The summed E-state index contributed by atoms with van der Waals surface area (Å²) in [4.78, 5) is 11.3. The van der Waals surface area contributed by atoms with Crippen LogP contribution in [-0.4, -0.2) is 19.8 Å². The standard InChI is InChI=1S/C8H7F3N2O3S/c9-8(10,11)17(15,16)13-7(14)5-3-1-2-4-6(5)12/h1-4H,12H2,(H,13,14). The molecular weight excluding hydrogens is 261 g/mol. The molecule has 0 aliphatic carbocycles. The molecule has 0 radical (unpaired) electrons. The summed E-state index contributed by atoms with van der Waals surface area (Å²) in [5.74, 6) is -1.43. The third-order valence-corrected chi connectivity index (χ3v) is 2.80. The molecule has 9 heteroatoms. The first kappa shape index (κ1) is 13.3. The van der Waals surface area contributed by atoms with E-state index >= 15 is 0 Å². The number of carbonyl (C=O) groups is 1. The number of carbonyl (C=O) groups excluding carboxylic acids is 1. The quantitative estimate of drug-likeness (QED) is 0.778. The Balaban J connectivity index is 3.00. The lowest BCUT2D eigenvalue weighted by Gasteiger charge is -2.10. The Morgan fingerprint density at radius 3 is 2.24 bits per heavy atom. The zero-order valence-corrected chi connectivity index (χ0v) is 8.97. The van der Waals surface area contributed by atoms with Crippen LogP contribution in [0.15, 0.2) is 24.3 Å². The first-order chi connectivity index (χ1) is 7.65. The van der Waals surface area contributed by atoms with Crippen molar-refractivity contribution in [2.24, 2.45) is 0 Å². The van der Waals surface area contributed by atoms with Gasteiger partial charge in [0.15, 0.2) is 0 Å². The molecule has 0 saturated carbocycles. The topological polar surface area (TPSA) is 89.3 Å². The Morgan fingerprint density at radius 2 is 1.76 bits per heavy atom. The molecule has 1 amide bonds. The van der Waals surface area contributed by atoms with E-state index in [1.165, 1.54) is 18.2 Å². The number of alkyl halides is 3. The molecule has 0 bridgehead atoms. The van der Waals surface area contributed by atoms with Gasteiger partial charge in [0.05, 0.1) is 5.56 Å². The maximum atomic E-state index is 12.0. The Bertz CT molecular complexity index is 539. The molecule has 94 valence electrons. The summed E-state index contributed by atoms with van der Waals surface area (Å²) in [5, 5.41) is 0. The van der Waals surface area contributed by atoms with Crippen LogP contribution in [0.25, 0.3) is 0 Å². The van der Waals surface area contributed by atoms with E-state index in [2.05, 4.69) is 0 Å². The number of para-hydroxylation sites is 1. The van der Waals surface area contributed by atoms with Gasteiger partial charge in [-0.25, -0.2) is 4.72 Å². The second-order valence-corrected chi connectivity index (χ2v) is 4.64. The fraction of sp³-hybridized carbons (Fsp3) is 0.125. The first-order valence-corrected chi connectivity index (χ1v) is 5.61. The van der Waals surface area contributed by atoms with Crippen molar-refractivity contribution in [3.63, 3.8) is 0 Å². The van der Waals surface area contributed by atoms with Crippen LogP contribution in [0.2, 0.25) is 0 Å². The van der Waals surface area contributed by atoms with Gasteiger partial charge in [-0.15, -0.1) is 0 Å². The highest BCUT2D eigenvalue weighted by molar-refractivity contribution is 7.90. The van der Waals surface area contributed by atoms with E-state index in [4.69, 9.17) is 5.73 Å². The van der Waals surface area contributed by atoms with Crippen LogP contribution in [0.5, 0.6) is 0 Å². The molecule has 0 aliphatic rings. The van der Waals surface area contributed by atoms with Gasteiger partial charge < -0.3 is 5.73 Å². The zero-order chi connectivity index (χ0) is 13.3. The second-order valence-electron chi connectivity index (χ2n) is 2.97. The van der Waals surface area contributed by atoms with Crippen LogP contribution in [0.3, 0.4) is 0 Å². The minimum atomic E-state index is -5.72. The molecule has 0 unspecified atom stereocenters. The predicted octanol–water partition coefficient (Wildman–Crippen LogP) is 0.848. The predicted molar refractivity (Wildman–Crippen MR) is 53.3 cm³/mol. The molecule has 3 N–H and O–H groups in total. The number of rotatable bonds is 2. The molecule has 17 heavy (non-hydrogen) atoms. The molecule has 0 saturated heterocycles. The van der Waals surface area contributed by atoms with Crippen molar-refractivity contribution in [1.82, 2.24) is 4.72 Å². The first-order valence-electron chi connectivity index (χ1n) is 4.13. The van der Waals surface area contributed by atoms with Crippen molar-refractivity contribution >= 4 is 21.6 Å².